The monoisotopic (exact) mass is 188 g/mol. The molecule has 68 valence electrons. The van der Waals surface area contributed by atoms with Crippen LogP contribution < -0.4 is 5.32 Å². The summed E-state index contributed by atoms with van der Waals surface area (Å²) in [6.45, 7) is 3.63. The second-order valence-electron chi connectivity index (χ2n) is 2.93. The molecule has 4 heteroatoms. The summed E-state index contributed by atoms with van der Waals surface area (Å²) >= 11 is 1.48. The van der Waals surface area contributed by atoms with E-state index in [1.54, 1.807) is 11.7 Å². The van der Waals surface area contributed by atoms with Gasteiger partial charge in [0.05, 0.1) is 11.6 Å². The molecular formula is C8H13FN2S. The molecule has 0 aliphatic rings. The van der Waals surface area contributed by atoms with E-state index in [-0.39, 0.29) is 12.7 Å². The van der Waals surface area contributed by atoms with Gasteiger partial charge in [-0.3, -0.25) is 4.98 Å². The molecule has 0 radical (unpaired) electrons. The zero-order valence-corrected chi connectivity index (χ0v) is 8.07. The highest BCUT2D eigenvalue weighted by atomic mass is 32.1. The van der Waals surface area contributed by atoms with Gasteiger partial charge in [-0.05, 0) is 0 Å². The van der Waals surface area contributed by atoms with Crippen molar-refractivity contribution in [2.45, 2.75) is 25.9 Å². The Labute approximate surface area is 75.8 Å². The van der Waals surface area contributed by atoms with Crippen LogP contribution in [0, 0.1) is 0 Å². The second kappa shape index (κ2) is 4.52. The van der Waals surface area contributed by atoms with Crippen LogP contribution in [0.2, 0.25) is 0 Å². The lowest BCUT2D eigenvalue weighted by Crippen LogP contribution is -2.28. The number of nitrogens with one attached hydrogen (secondary N) is 1. The van der Waals surface area contributed by atoms with Crippen LogP contribution >= 0.6 is 11.3 Å². The molecule has 1 atom stereocenters. The summed E-state index contributed by atoms with van der Waals surface area (Å²) < 4.78 is 12.5. The molecule has 0 amide bonds. The Morgan fingerprint density at radius 3 is 2.83 bits per heavy atom. The number of rotatable bonds is 4. The molecule has 0 aliphatic carbocycles. The van der Waals surface area contributed by atoms with Gasteiger partial charge in [-0.1, -0.05) is 13.8 Å². The standard InChI is InChI=1S/C8H13FN2S/c1-6(2)11-7(3-9)8-4-10-5-12-8/h4-7,11H,3H2,1-2H3. The van der Waals surface area contributed by atoms with Crippen LogP contribution in [0.1, 0.15) is 24.8 Å². The number of hydrogen-bond acceptors (Lipinski definition) is 3. The van der Waals surface area contributed by atoms with E-state index >= 15 is 0 Å². The first-order valence-electron chi connectivity index (χ1n) is 3.94. The van der Waals surface area contributed by atoms with Gasteiger partial charge in [-0.25, -0.2) is 4.39 Å². The van der Waals surface area contributed by atoms with Gasteiger partial charge in [0, 0.05) is 17.1 Å². The van der Waals surface area contributed by atoms with Crippen molar-refractivity contribution in [1.82, 2.24) is 10.3 Å². The van der Waals surface area contributed by atoms with Crippen LogP contribution in [-0.2, 0) is 0 Å². The van der Waals surface area contributed by atoms with Crippen molar-refractivity contribution in [1.29, 1.82) is 0 Å². The van der Waals surface area contributed by atoms with Gasteiger partial charge in [0.1, 0.15) is 6.67 Å². The molecule has 1 heterocycles. The smallest absolute Gasteiger partial charge is 0.110 e. The minimum Gasteiger partial charge on any atom is -0.305 e. The van der Waals surface area contributed by atoms with Crippen LogP contribution in [0.25, 0.3) is 0 Å². The molecule has 1 aromatic heterocycles. The fraction of sp³-hybridized carbons (Fsp3) is 0.625. The highest BCUT2D eigenvalue weighted by Crippen LogP contribution is 2.17. The maximum absolute atomic E-state index is 12.5. The average molecular weight is 188 g/mol. The first kappa shape index (κ1) is 9.61. The fourth-order valence-electron chi connectivity index (χ4n) is 1.00. The Hall–Kier alpha value is -0.480. The number of halogens is 1. The lowest BCUT2D eigenvalue weighted by Gasteiger charge is -2.15. The molecule has 0 spiro atoms. The maximum atomic E-state index is 12.5. The Morgan fingerprint density at radius 1 is 1.67 bits per heavy atom. The van der Waals surface area contributed by atoms with Gasteiger partial charge in [-0.15, -0.1) is 11.3 Å². The molecule has 0 aromatic carbocycles. The Balaban J connectivity index is 2.57. The Morgan fingerprint density at radius 2 is 2.42 bits per heavy atom. The molecule has 0 fully saturated rings. The van der Waals surface area contributed by atoms with Crippen molar-refractivity contribution in [2.24, 2.45) is 0 Å². The summed E-state index contributed by atoms with van der Waals surface area (Å²) in [6.07, 6.45) is 1.71. The van der Waals surface area contributed by atoms with Gasteiger partial charge in [-0.2, -0.15) is 0 Å². The highest BCUT2D eigenvalue weighted by molar-refractivity contribution is 7.09. The lowest BCUT2D eigenvalue weighted by molar-refractivity contribution is 0.365. The summed E-state index contributed by atoms with van der Waals surface area (Å²) in [4.78, 5) is 4.87. The van der Waals surface area contributed by atoms with Crippen molar-refractivity contribution in [3.63, 3.8) is 0 Å². The zero-order chi connectivity index (χ0) is 8.97. The molecule has 1 aromatic rings. The lowest BCUT2D eigenvalue weighted by atomic mass is 10.2. The molecule has 2 nitrogen and oxygen atoms in total. The van der Waals surface area contributed by atoms with E-state index in [4.69, 9.17) is 0 Å². The molecule has 0 saturated heterocycles. The van der Waals surface area contributed by atoms with E-state index in [0.717, 1.165) is 4.88 Å². The topological polar surface area (TPSA) is 24.9 Å². The number of nitrogens with zero attached hydrogens (tertiary/aromatic N) is 1. The van der Waals surface area contributed by atoms with Crippen LogP contribution in [0.15, 0.2) is 11.7 Å². The molecule has 1 rings (SSSR count). The summed E-state index contributed by atoms with van der Waals surface area (Å²) in [5, 5.41) is 3.13. The van der Waals surface area contributed by atoms with Crippen LogP contribution in [0.3, 0.4) is 0 Å². The minimum absolute atomic E-state index is 0.183. The molecule has 12 heavy (non-hydrogen) atoms. The van der Waals surface area contributed by atoms with Gasteiger partial charge >= 0.3 is 0 Å². The second-order valence-corrected chi connectivity index (χ2v) is 3.85. The van der Waals surface area contributed by atoms with Gasteiger partial charge in [0.25, 0.3) is 0 Å². The quantitative estimate of drug-likeness (QED) is 0.783. The molecule has 0 bridgehead atoms. The Kier molecular flexibility index (Phi) is 3.62. The first-order valence-corrected chi connectivity index (χ1v) is 4.82. The normalized spacial score (nSPS) is 13.7. The number of hydrogen-bond donors (Lipinski definition) is 1. The summed E-state index contributed by atoms with van der Waals surface area (Å²) in [6, 6.07) is 0.116. The van der Waals surface area contributed by atoms with E-state index in [9.17, 15) is 4.39 Å². The van der Waals surface area contributed by atoms with Crippen molar-refractivity contribution in [3.05, 3.63) is 16.6 Å². The van der Waals surface area contributed by atoms with Crippen molar-refractivity contribution < 1.29 is 4.39 Å². The minimum atomic E-state index is -0.375. The first-order chi connectivity index (χ1) is 5.74. The van der Waals surface area contributed by atoms with E-state index in [0.29, 0.717) is 6.04 Å². The molecule has 0 saturated carbocycles. The van der Waals surface area contributed by atoms with Crippen molar-refractivity contribution in [3.8, 4) is 0 Å². The van der Waals surface area contributed by atoms with Crippen molar-refractivity contribution >= 4 is 11.3 Å². The average Bonchev–Trinajstić information content (AvgIpc) is 2.51. The van der Waals surface area contributed by atoms with E-state index in [1.165, 1.54) is 11.3 Å². The highest BCUT2D eigenvalue weighted by Gasteiger charge is 2.12. The Bertz CT molecular complexity index is 211. The van der Waals surface area contributed by atoms with E-state index in [2.05, 4.69) is 10.3 Å². The summed E-state index contributed by atoms with van der Waals surface area (Å²) in [5.41, 5.74) is 1.72. The van der Waals surface area contributed by atoms with Crippen molar-refractivity contribution in [2.75, 3.05) is 6.67 Å². The van der Waals surface area contributed by atoms with Crippen LogP contribution in [0.5, 0.6) is 0 Å². The molecular weight excluding hydrogens is 175 g/mol. The predicted molar refractivity (Wildman–Crippen MR) is 49.1 cm³/mol. The van der Waals surface area contributed by atoms with E-state index in [1.807, 2.05) is 13.8 Å². The summed E-state index contributed by atoms with van der Waals surface area (Å²) in [5.74, 6) is 0. The zero-order valence-electron chi connectivity index (χ0n) is 7.25. The third-order valence-electron chi connectivity index (χ3n) is 1.48. The number of alkyl halides is 1. The number of thiazole rings is 1. The summed E-state index contributed by atoms with van der Waals surface area (Å²) in [7, 11) is 0. The van der Waals surface area contributed by atoms with Gasteiger partial charge in [0.15, 0.2) is 0 Å². The van der Waals surface area contributed by atoms with Gasteiger partial charge in [0.2, 0.25) is 0 Å². The van der Waals surface area contributed by atoms with E-state index < -0.39 is 0 Å². The SMILES string of the molecule is CC(C)NC(CF)c1cncs1. The largest absolute Gasteiger partial charge is 0.305 e. The third kappa shape index (κ3) is 2.53. The molecule has 1 unspecified atom stereocenters. The maximum Gasteiger partial charge on any atom is 0.110 e. The number of aromatic nitrogens is 1. The van der Waals surface area contributed by atoms with Gasteiger partial charge < -0.3 is 5.32 Å². The third-order valence-corrected chi connectivity index (χ3v) is 2.37. The molecule has 0 aliphatic heterocycles. The molecule has 1 N–H and O–H groups in total. The predicted octanol–water partition coefficient (Wildman–Crippen LogP) is 2.15. The van der Waals surface area contributed by atoms with Crippen LogP contribution in [0.4, 0.5) is 4.39 Å². The van der Waals surface area contributed by atoms with Crippen LogP contribution in [-0.4, -0.2) is 17.7 Å². The fourth-order valence-corrected chi connectivity index (χ4v) is 1.66.